The van der Waals surface area contributed by atoms with E-state index in [2.05, 4.69) is 11.7 Å². The maximum Gasteiger partial charge on any atom is 0.220 e. The molecule has 0 bridgehead atoms. The summed E-state index contributed by atoms with van der Waals surface area (Å²) in [5, 5.41) is 5.44. The van der Waals surface area contributed by atoms with Gasteiger partial charge in [-0.15, -0.1) is 6.58 Å². The maximum atomic E-state index is 5.80. The van der Waals surface area contributed by atoms with Gasteiger partial charge in [-0.1, -0.05) is 6.08 Å². The summed E-state index contributed by atoms with van der Waals surface area (Å²) in [7, 11) is 0. The molecular weight excluding hydrogens is 214 g/mol. The number of aromatic nitrogens is 2. The summed E-state index contributed by atoms with van der Waals surface area (Å²) in [5.74, 6) is 0.773. The normalized spacial score (nSPS) is 11.0. The third-order valence-electron chi connectivity index (χ3n) is 2.36. The molecule has 0 unspecified atom stereocenters. The van der Waals surface area contributed by atoms with Gasteiger partial charge in [0.15, 0.2) is 0 Å². The predicted molar refractivity (Wildman–Crippen MR) is 70.1 cm³/mol. The van der Waals surface area contributed by atoms with Crippen molar-refractivity contribution >= 4 is 16.6 Å². The van der Waals surface area contributed by atoms with Crippen molar-refractivity contribution in [2.45, 2.75) is 26.5 Å². The number of anilines is 1. The number of nitrogen functional groups attached to an aromatic ring is 1. The number of allylic oxidation sites excluding steroid dienone is 1. The molecule has 2 aromatic rings. The molecule has 2 rings (SSSR count). The van der Waals surface area contributed by atoms with Crippen molar-refractivity contribution in [1.82, 2.24) is 9.78 Å². The van der Waals surface area contributed by atoms with E-state index in [1.807, 2.05) is 32.0 Å². The monoisotopic (exact) mass is 231 g/mol. The zero-order valence-electron chi connectivity index (χ0n) is 10.2. The molecule has 0 atom stereocenters. The lowest BCUT2D eigenvalue weighted by Gasteiger charge is -2.11. The van der Waals surface area contributed by atoms with Crippen LogP contribution in [0.1, 0.15) is 13.8 Å². The van der Waals surface area contributed by atoms with E-state index in [9.17, 15) is 0 Å². The Morgan fingerprint density at radius 1 is 1.53 bits per heavy atom. The van der Waals surface area contributed by atoms with Crippen LogP contribution < -0.4 is 10.5 Å². The number of nitrogens with zero attached hydrogens (tertiary/aromatic N) is 2. The SMILES string of the molecule is C=CCn1nc2cc(N)ccc2c1OC(C)C. The Labute approximate surface area is 101 Å². The van der Waals surface area contributed by atoms with E-state index >= 15 is 0 Å². The fraction of sp³-hybridized carbons (Fsp3) is 0.308. The van der Waals surface area contributed by atoms with E-state index in [1.54, 1.807) is 10.8 Å². The smallest absolute Gasteiger partial charge is 0.220 e. The van der Waals surface area contributed by atoms with Crippen LogP contribution in [0.25, 0.3) is 10.9 Å². The molecule has 0 saturated carbocycles. The van der Waals surface area contributed by atoms with E-state index < -0.39 is 0 Å². The molecular formula is C13H17N3O. The molecule has 0 radical (unpaired) electrons. The minimum absolute atomic E-state index is 0.107. The first kappa shape index (κ1) is 11.5. The van der Waals surface area contributed by atoms with Crippen LogP contribution in [-0.2, 0) is 6.54 Å². The molecule has 1 aromatic heterocycles. The van der Waals surface area contributed by atoms with E-state index in [0.717, 1.165) is 16.8 Å². The summed E-state index contributed by atoms with van der Waals surface area (Å²) in [5.41, 5.74) is 7.30. The number of hydrogen-bond donors (Lipinski definition) is 1. The zero-order valence-corrected chi connectivity index (χ0v) is 10.2. The van der Waals surface area contributed by atoms with Crippen LogP contribution in [0.2, 0.25) is 0 Å². The Morgan fingerprint density at radius 2 is 2.29 bits per heavy atom. The molecule has 0 amide bonds. The van der Waals surface area contributed by atoms with Crippen LogP contribution in [0.3, 0.4) is 0 Å². The van der Waals surface area contributed by atoms with Crippen LogP contribution in [-0.4, -0.2) is 15.9 Å². The third kappa shape index (κ3) is 2.25. The first-order valence-corrected chi connectivity index (χ1v) is 5.65. The number of hydrogen-bond acceptors (Lipinski definition) is 3. The van der Waals surface area contributed by atoms with Gasteiger partial charge in [0.25, 0.3) is 0 Å². The van der Waals surface area contributed by atoms with Crippen molar-refractivity contribution < 1.29 is 4.74 Å². The molecule has 1 heterocycles. The van der Waals surface area contributed by atoms with E-state index in [4.69, 9.17) is 10.5 Å². The second-order valence-corrected chi connectivity index (χ2v) is 4.22. The summed E-state index contributed by atoms with van der Waals surface area (Å²) < 4.78 is 7.61. The summed E-state index contributed by atoms with van der Waals surface area (Å²) >= 11 is 0. The number of rotatable bonds is 4. The highest BCUT2D eigenvalue weighted by Gasteiger charge is 2.13. The van der Waals surface area contributed by atoms with Gasteiger partial charge in [-0.2, -0.15) is 5.10 Å². The second-order valence-electron chi connectivity index (χ2n) is 4.22. The van der Waals surface area contributed by atoms with Crippen molar-refractivity contribution in [1.29, 1.82) is 0 Å². The van der Waals surface area contributed by atoms with Gasteiger partial charge in [-0.25, -0.2) is 4.68 Å². The highest BCUT2D eigenvalue weighted by Crippen LogP contribution is 2.28. The van der Waals surface area contributed by atoms with Crippen molar-refractivity contribution in [3.63, 3.8) is 0 Å². The Morgan fingerprint density at radius 3 is 2.94 bits per heavy atom. The largest absolute Gasteiger partial charge is 0.475 e. The van der Waals surface area contributed by atoms with Crippen molar-refractivity contribution in [2.75, 3.05) is 5.73 Å². The minimum Gasteiger partial charge on any atom is -0.475 e. The predicted octanol–water partition coefficient (Wildman–Crippen LogP) is 2.59. The van der Waals surface area contributed by atoms with Crippen molar-refractivity contribution in [3.05, 3.63) is 30.9 Å². The fourth-order valence-electron chi connectivity index (χ4n) is 1.72. The van der Waals surface area contributed by atoms with Gasteiger partial charge in [-0.05, 0) is 32.0 Å². The van der Waals surface area contributed by atoms with Gasteiger partial charge in [-0.3, -0.25) is 0 Å². The highest BCUT2D eigenvalue weighted by atomic mass is 16.5. The van der Waals surface area contributed by atoms with E-state index in [-0.39, 0.29) is 6.10 Å². The molecule has 4 nitrogen and oxygen atoms in total. The van der Waals surface area contributed by atoms with Crippen LogP contribution >= 0.6 is 0 Å². The number of ether oxygens (including phenoxy) is 1. The van der Waals surface area contributed by atoms with Gasteiger partial charge in [0, 0.05) is 5.69 Å². The molecule has 17 heavy (non-hydrogen) atoms. The summed E-state index contributed by atoms with van der Waals surface area (Å²) in [6.07, 6.45) is 1.90. The lowest BCUT2D eigenvalue weighted by molar-refractivity contribution is 0.222. The molecule has 1 aromatic carbocycles. The van der Waals surface area contributed by atoms with Crippen molar-refractivity contribution in [2.24, 2.45) is 0 Å². The molecule has 0 aliphatic heterocycles. The van der Waals surface area contributed by atoms with Crippen molar-refractivity contribution in [3.8, 4) is 5.88 Å². The maximum absolute atomic E-state index is 5.80. The standard InChI is InChI=1S/C13H17N3O/c1-4-7-16-13(17-9(2)3)11-6-5-10(14)8-12(11)15-16/h4-6,8-9H,1,7,14H2,2-3H3. The summed E-state index contributed by atoms with van der Waals surface area (Å²) in [4.78, 5) is 0. The Balaban J connectivity index is 2.57. The van der Waals surface area contributed by atoms with Gasteiger partial charge in [0.2, 0.25) is 5.88 Å². The Hall–Kier alpha value is -1.97. The lowest BCUT2D eigenvalue weighted by Crippen LogP contribution is -2.10. The molecule has 4 heteroatoms. The van der Waals surface area contributed by atoms with Crippen LogP contribution in [0.4, 0.5) is 5.69 Å². The molecule has 90 valence electrons. The number of benzene rings is 1. The van der Waals surface area contributed by atoms with Gasteiger partial charge >= 0.3 is 0 Å². The number of fused-ring (bicyclic) bond motifs is 1. The van der Waals surface area contributed by atoms with Gasteiger partial charge in [0.1, 0.15) is 0 Å². The number of nitrogens with two attached hydrogens (primary N) is 1. The molecule has 0 saturated heterocycles. The molecule has 0 aliphatic rings. The molecule has 2 N–H and O–H groups in total. The molecule has 0 aliphatic carbocycles. The first-order chi connectivity index (χ1) is 8.11. The summed E-state index contributed by atoms with van der Waals surface area (Å²) in [6.45, 7) is 8.33. The summed E-state index contributed by atoms with van der Waals surface area (Å²) in [6, 6.07) is 5.65. The van der Waals surface area contributed by atoms with Crippen LogP contribution in [0.15, 0.2) is 30.9 Å². The van der Waals surface area contributed by atoms with E-state index in [0.29, 0.717) is 12.2 Å². The molecule has 0 spiro atoms. The van der Waals surface area contributed by atoms with Crippen LogP contribution in [0, 0.1) is 0 Å². The van der Waals surface area contributed by atoms with E-state index in [1.165, 1.54) is 0 Å². The quantitative estimate of drug-likeness (QED) is 0.650. The average molecular weight is 231 g/mol. The fourth-order valence-corrected chi connectivity index (χ4v) is 1.72. The average Bonchev–Trinajstić information content (AvgIpc) is 2.56. The Kier molecular flexibility index (Phi) is 3.04. The first-order valence-electron chi connectivity index (χ1n) is 5.65. The second kappa shape index (κ2) is 4.49. The van der Waals surface area contributed by atoms with Gasteiger partial charge < -0.3 is 10.5 Å². The van der Waals surface area contributed by atoms with Crippen LogP contribution in [0.5, 0.6) is 5.88 Å². The zero-order chi connectivity index (χ0) is 12.4. The highest BCUT2D eigenvalue weighted by molar-refractivity contribution is 5.86. The van der Waals surface area contributed by atoms with Gasteiger partial charge in [0.05, 0.1) is 23.6 Å². The topological polar surface area (TPSA) is 53.1 Å². The minimum atomic E-state index is 0.107. The lowest BCUT2D eigenvalue weighted by atomic mass is 10.2. The Bertz CT molecular complexity index is 543. The third-order valence-corrected chi connectivity index (χ3v) is 2.36. The molecule has 0 fully saturated rings.